The summed E-state index contributed by atoms with van der Waals surface area (Å²) in [7, 11) is 1.60. The molecule has 0 spiro atoms. The Kier molecular flexibility index (Phi) is 6.30. The van der Waals surface area contributed by atoms with Crippen molar-refractivity contribution < 1.29 is 14.3 Å². The molecular weight excluding hydrogens is 432 g/mol. The van der Waals surface area contributed by atoms with Crippen LogP contribution in [0.25, 0.3) is 0 Å². The molecule has 3 amide bonds. The highest BCUT2D eigenvalue weighted by molar-refractivity contribution is 5.94. The molecule has 5 rings (SSSR count). The van der Waals surface area contributed by atoms with Crippen molar-refractivity contribution in [3.05, 3.63) is 58.0 Å². The summed E-state index contributed by atoms with van der Waals surface area (Å²) in [5.74, 6) is 0.891. The average molecular weight is 465 g/mol. The Morgan fingerprint density at radius 3 is 2.47 bits per heavy atom. The Morgan fingerprint density at radius 2 is 1.74 bits per heavy atom. The van der Waals surface area contributed by atoms with Crippen LogP contribution in [0.2, 0.25) is 0 Å². The number of piperidine rings is 1. The fraction of sp³-hybridized carbons (Fsp3) is 0.500. The number of aromatic nitrogens is 1. The normalized spacial score (nSPS) is 22.0. The number of nitrogens with zero attached hydrogens (tertiary/aromatic N) is 2. The number of ether oxygens (including phenoxy) is 1. The number of hydrogen-bond donors (Lipinski definition) is 2. The molecule has 2 atom stereocenters. The second kappa shape index (κ2) is 9.52. The van der Waals surface area contributed by atoms with Crippen LogP contribution >= 0.6 is 0 Å². The van der Waals surface area contributed by atoms with Crippen LogP contribution in [0.5, 0.6) is 5.75 Å². The van der Waals surface area contributed by atoms with Crippen molar-refractivity contribution in [2.75, 3.05) is 25.5 Å². The molecule has 2 aliphatic heterocycles. The van der Waals surface area contributed by atoms with Crippen LogP contribution in [0.1, 0.15) is 60.5 Å². The lowest BCUT2D eigenvalue weighted by molar-refractivity contribution is 0.0595. The molecule has 8 heteroatoms. The van der Waals surface area contributed by atoms with E-state index in [1.165, 1.54) is 12.5 Å². The average Bonchev–Trinajstić information content (AvgIpc) is 2.86. The third-order valence-corrected chi connectivity index (χ3v) is 7.40. The number of hydrogen-bond acceptors (Lipinski definition) is 4. The van der Waals surface area contributed by atoms with E-state index in [1.807, 2.05) is 4.90 Å². The van der Waals surface area contributed by atoms with Gasteiger partial charge in [0.25, 0.3) is 11.5 Å². The maximum atomic E-state index is 13.2. The molecule has 1 aromatic heterocycles. The fourth-order valence-electron chi connectivity index (χ4n) is 5.79. The van der Waals surface area contributed by atoms with Crippen molar-refractivity contribution in [2.45, 2.75) is 57.0 Å². The molecule has 0 unspecified atom stereocenters. The Bertz CT molecular complexity index is 1120. The number of rotatable bonds is 4. The summed E-state index contributed by atoms with van der Waals surface area (Å²) in [6.45, 7) is 1.69. The summed E-state index contributed by atoms with van der Waals surface area (Å²) in [5.41, 5.74) is 2.05. The summed E-state index contributed by atoms with van der Waals surface area (Å²) in [4.78, 5) is 40.6. The van der Waals surface area contributed by atoms with Gasteiger partial charge in [0.1, 0.15) is 5.75 Å². The second-order valence-corrected chi connectivity index (χ2v) is 9.75. The van der Waals surface area contributed by atoms with E-state index < -0.39 is 0 Å². The van der Waals surface area contributed by atoms with Crippen LogP contribution in [-0.2, 0) is 6.54 Å². The molecule has 1 saturated heterocycles. The van der Waals surface area contributed by atoms with E-state index in [0.717, 1.165) is 37.8 Å². The molecule has 2 bridgehead atoms. The van der Waals surface area contributed by atoms with Gasteiger partial charge in [-0.1, -0.05) is 19.3 Å². The molecule has 180 valence electrons. The van der Waals surface area contributed by atoms with Gasteiger partial charge in [-0.2, -0.15) is 0 Å². The third-order valence-electron chi connectivity index (χ3n) is 7.40. The molecule has 1 aromatic carbocycles. The van der Waals surface area contributed by atoms with Gasteiger partial charge in [-0.3, -0.25) is 9.59 Å². The quantitative estimate of drug-likeness (QED) is 0.724. The third kappa shape index (κ3) is 4.54. The summed E-state index contributed by atoms with van der Waals surface area (Å²) in [6.07, 6.45) is 6.42. The number of amides is 3. The highest BCUT2D eigenvalue weighted by atomic mass is 16.5. The molecule has 1 saturated carbocycles. The van der Waals surface area contributed by atoms with Gasteiger partial charge in [-0.05, 0) is 55.5 Å². The van der Waals surface area contributed by atoms with Gasteiger partial charge < -0.3 is 24.8 Å². The molecule has 3 heterocycles. The van der Waals surface area contributed by atoms with Crippen molar-refractivity contribution >= 4 is 17.6 Å². The smallest absolute Gasteiger partial charge is 0.319 e. The maximum absolute atomic E-state index is 13.2. The van der Waals surface area contributed by atoms with Crippen LogP contribution in [0.15, 0.2) is 41.2 Å². The molecular formula is C26H32N4O4. The summed E-state index contributed by atoms with van der Waals surface area (Å²) in [6, 6.07) is 10.4. The van der Waals surface area contributed by atoms with E-state index in [2.05, 4.69) is 10.6 Å². The molecule has 2 aromatic rings. The van der Waals surface area contributed by atoms with Crippen molar-refractivity contribution in [2.24, 2.45) is 5.92 Å². The number of methoxy groups -OCH3 is 1. The number of urea groups is 1. The van der Waals surface area contributed by atoms with Gasteiger partial charge in [0.15, 0.2) is 0 Å². The van der Waals surface area contributed by atoms with Crippen molar-refractivity contribution in [1.29, 1.82) is 0 Å². The standard InChI is InChI=1S/C26H32N4O4/c1-34-21-9-7-18(8-10-21)25(32)29-14-17-13-19(16-29)24-22(11-12-23(31)30(24)15-17)28-26(33)27-20-5-3-2-4-6-20/h7-12,17,19-20H,2-6,13-16H2,1H3,(H2,27,28,33)/t17-,19+/m0/s1. The number of pyridine rings is 1. The zero-order valence-corrected chi connectivity index (χ0v) is 19.6. The Morgan fingerprint density at radius 1 is 0.971 bits per heavy atom. The first-order chi connectivity index (χ1) is 16.5. The highest BCUT2D eigenvalue weighted by Crippen LogP contribution is 2.39. The molecule has 8 nitrogen and oxygen atoms in total. The number of anilines is 1. The van der Waals surface area contributed by atoms with E-state index >= 15 is 0 Å². The van der Waals surface area contributed by atoms with Crippen molar-refractivity contribution in [3.8, 4) is 5.75 Å². The van der Waals surface area contributed by atoms with Crippen LogP contribution < -0.4 is 20.9 Å². The summed E-state index contributed by atoms with van der Waals surface area (Å²) < 4.78 is 7.00. The van der Waals surface area contributed by atoms with Gasteiger partial charge in [-0.15, -0.1) is 0 Å². The van der Waals surface area contributed by atoms with E-state index in [4.69, 9.17) is 4.74 Å². The molecule has 3 aliphatic rings. The minimum absolute atomic E-state index is 0.00595. The van der Waals surface area contributed by atoms with Gasteiger partial charge in [0.05, 0.1) is 12.8 Å². The van der Waals surface area contributed by atoms with Crippen LogP contribution in [-0.4, -0.2) is 47.6 Å². The van der Waals surface area contributed by atoms with Crippen LogP contribution in [0, 0.1) is 5.92 Å². The SMILES string of the molecule is COc1ccc(C(=O)N2C[C@@H]3C[C@H](C2)c2c(NC(=O)NC4CCCCC4)ccc(=O)n2C3)cc1. The first-order valence-corrected chi connectivity index (χ1v) is 12.3. The highest BCUT2D eigenvalue weighted by Gasteiger charge is 2.38. The number of carbonyl (C=O) groups excluding carboxylic acids is 2. The second-order valence-electron chi connectivity index (χ2n) is 9.75. The molecule has 2 fully saturated rings. The Hall–Kier alpha value is -3.29. The lowest BCUT2D eigenvalue weighted by Crippen LogP contribution is -2.49. The van der Waals surface area contributed by atoms with Gasteiger partial charge >= 0.3 is 6.03 Å². The first kappa shape index (κ1) is 22.5. The number of likely N-dealkylation sites (tertiary alicyclic amines) is 1. The molecule has 2 N–H and O–H groups in total. The van der Waals surface area contributed by atoms with Crippen LogP contribution in [0.3, 0.4) is 0 Å². The largest absolute Gasteiger partial charge is 0.497 e. The van der Waals surface area contributed by atoms with Gasteiger partial charge in [0.2, 0.25) is 0 Å². The minimum atomic E-state index is -0.225. The monoisotopic (exact) mass is 464 g/mol. The van der Waals surface area contributed by atoms with Gasteiger partial charge in [0, 0.05) is 48.9 Å². The maximum Gasteiger partial charge on any atom is 0.319 e. The topological polar surface area (TPSA) is 92.7 Å². The van der Waals surface area contributed by atoms with Crippen LogP contribution in [0.4, 0.5) is 10.5 Å². The predicted octanol–water partition coefficient (Wildman–Crippen LogP) is 3.57. The van der Waals surface area contributed by atoms with Crippen molar-refractivity contribution in [3.63, 3.8) is 0 Å². The lowest BCUT2D eigenvalue weighted by Gasteiger charge is -2.43. The number of carbonyl (C=O) groups is 2. The van der Waals surface area contributed by atoms with E-state index in [9.17, 15) is 14.4 Å². The van der Waals surface area contributed by atoms with E-state index in [0.29, 0.717) is 36.6 Å². The molecule has 1 aliphatic carbocycles. The number of benzene rings is 1. The summed E-state index contributed by atoms with van der Waals surface area (Å²) >= 11 is 0. The molecule has 0 radical (unpaired) electrons. The number of fused-ring (bicyclic) bond motifs is 4. The van der Waals surface area contributed by atoms with Gasteiger partial charge in [-0.25, -0.2) is 4.79 Å². The predicted molar refractivity (Wildman–Crippen MR) is 129 cm³/mol. The Balaban J connectivity index is 1.35. The van der Waals surface area contributed by atoms with Crippen molar-refractivity contribution in [1.82, 2.24) is 14.8 Å². The minimum Gasteiger partial charge on any atom is -0.497 e. The lowest BCUT2D eigenvalue weighted by atomic mass is 9.82. The zero-order valence-electron chi connectivity index (χ0n) is 19.6. The summed E-state index contributed by atoms with van der Waals surface area (Å²) in [5, 5.41) is 6.10. The first-order valence-electron chi connectivity index (χ1n) is 12.3. The zero-order chi connectivity index (χ0) is 23.7. The van der Waals surface area contributed by atoms with E-state index in [1.54, 1.807) is 42.0 Å². The number of nitrogens with one attached hydrogen (secondary N) is 2. The fourth-order valence-corrected chi connectivity index (χ4v) is 5.79. The Labute approximate surface area is 199 Å². The molecule has 34 heavy (non-hydrogen) atoms. The van der Waals surface area contributed by atoms with E-state index in [-0.39, 0.29) is 35.4 Å².